The van der Waals surface area contributed by atoms with Crippen molar-refractivity contribution >= 4 is 5.91 Å². The molecule has 13 heavy (non-hydrogen) atoms. The van der Waals surface area contributed by atoms with Gasteiger partial charge in [-0.2, -0.15) is 0 Å². The standard InChI is InChI=1S/C9H13N3O/c10-9(13)8-7-2-1-3-11-4-6(7)5-12-8/h5,11-12H,1-4H2,(H2,10,13). The molecule has 0 unspecified atom stereocenters. The smallest absolute Gasteiger partial charge is 0.265 e. The number of H-pyrrole nitrogens is 1. The Labute approximate surface area is 76.5 Å². The quantitative estimate of drug-likeness (QED) is 0.574. The molecule has 0 saturated heterocycles. The summed E-state index contributed by atoms with van der Waals surface area (Å²) in [5.41, 5.74) is 8.09. The van der Waals surface area contributed by atoms with Crippen molar-refractivity contribution in [1.82, 2.24) is 10.3 Å². The molecule has 0 bridgehead atoms. The molecule has 4 N–H and O–H groups in total. The maximum atomic E-state index is 11.0. The first kappa shape index (κ1) is 8.31. The Bertz CT molecular complexity index is 330. The Morgan fingerprint density at radius 2 is 2.38 bits per heavy atom. The molecule has 2 heterocycles. The van der Waals surface area contributed by atoms with Gasteiger partial charge in [0.1, 0.15) is 5.69 Å². The van der Waals surface area contributed by atoms with Crippen LogP contribution in [0.5, 0.6) is 0 Å². The minimum atomic E-state index is -0.358. The highest BCUT2D eigenvalue weighted by Gasteiger charge is 2.16. The minimum absolute atomic E-state index is 0.358. The molecule has 0 aromatic carbocycles. The van der Waals surface area contributed by atoms with E-state index in [9.17, 15) is 4.79 Å². The predicted molar refractivity (Wildman–Crippen MR) is 49.3 cm³/mol. The molecule has 70 valence electrons. The zero-order chi connectivity index (χ0) is 9.26. The summed E-state index contributed by atoms with van der Waals surface area (Å²) in [7, 11) is 0. The van der Waals surface area contributed by atoms with Crippen LogP contribution < -0.4 is 11.1 Å². The van der Waals surface area contributed by atoms with Crippen LogP contribution in [0.15, 0.2) is 6.20 Å². The lowest BCUT2D eigenvalue weighted by atomic mass is 10.1. The molecule has 0 radical (unpaired) electrons. The molecule has 0 spiro atoms. The normalized spacial score (nSPS) is 16.3. The van der Waals surface area contributed by atoms with Gasteiger partial charge in [0.15, 0.2) is 0 Å². The van der Waals surface area contributed by atoms with Crippen molar-refractivity contribution in [2.75, 3.05) is 6.54 Å². The molecule has 1 aromatic heterocycles. The molecule has 1 aliphatic heterocycles. The molecule has 4 nitrogen and oxygen atoms in total. The highest BCUT2D eigenvalue weighted by molar-refractivity contribution is 5.92. The Kier molecular flexibility index (Phi) is 2.06. The summed E-state index contributed by atoms with van der Waals surface area (Å²) in [6, 6.07) is 0. The van der Waals surface area contributed by atoms with Crippen LogP contribution >= 0.6 is 0 Å². The molecule has 2 rings (SSSR count). The lowest BCUT2D eigenvalue weighted by Crippen LogP contribution is -2.13. The van der Waals surface area contributed by atoms with Gasteiger partial charge in [-0.3, -0.25) is 4.79 Å². The second-order valence-electron chi connectivity index (χ2n) is 3.31. The fraction of sp³-hybridized carbons (Fsp3) is 0.444. The van der Waals surface area contributed by atoms with Crippen LogP contribution in [0.25, 0.3) is 0 Å². The third-order valence-corrected chi connectivity index (χ3v) is 2.42. The summed E-state index contributed by atoms with van der Waals surface area (Å²) < 4.78 is 0. The van der Waals surface area contributed by atoms with Gasteiger partial charge in [0.05, 0.1) is 0 Å². The summed E-state index contributed by atoms with van der Waals surface area (Å²) in [6.45, 7) is 1.84. The van der Waals surface area contributed by atoms with E-state index in [4.69, 9.17) is 5.73 Å². The highest BCUT2D eigenvalue weighted by atomic mass is 16.1. The Balaban J connectivity index is 2.39. The van der Waals surface area contributed by atoms with Crippen LogP contribution in [-0.2, 0) is 13.0 Å². The van der Waals surface area contributed by atoms with Gasteiger partial charge in [-0.15, -0.1) is 0 Å². The Morgan fingerprint density at radius 3 is 3.15 bits per heavy atom. The monoisotopic (exact) mass is 179 g/mol. The molecule has 0 atom stereocenters. The molecular weight excluding hydrogens is 166 g/mol. The molecule has 0 fully saturated rings. The van der Waals surface area contributed by atoms with Crippen molar-refractivity contribution in [1.29, 1.82) is 0 Å². The molecule has 4 heteroatoms. The van der Waals surface area contributed by atoms with Crippen molar-refractivity contribution in [3.8, 4) is 0 Å². The number of carbonyl (C=O) groups is 1. The minimum Gasteiger partial charge on any atom is -0.364 e. The number of amides is 1. The van der Waals surface area contributed by atoms with Gasteiger partial charge in [0.25, 0.3) is 5.91 Å². The van der Waals surface area contributed by atoms with Gasteiger partial charge in [0, 0.05) is 12.7 Å². The van der Waals surface area contributed by atoms with Gasteiger partial charge in [-0.1, -0.05) is 0 Å². The second-order valence-corrected chi connectivity index (χ2v) is 3.31. The van der Waals surface area contributed by atoms with E-state index in [1.54, 1.807) is 0 Å². The van der Waals surface area contributed by atoms with Crippen LogP contribution in [0, 0.1) is 0 Å². The predicted octanol–water partition coefficient (Wildman–Crippen LogP) is 0.149. The molecule has 1 amide bonds. The van der Waals surface area contributed by atoms with Crippen molar-refractivity contribution in [2.45, 2.75) is 19.4 Å². The first-order chi connectivity index (χ1) is 6.29. The van der Waals surface area contributed by atoms with Crippen molar-refractivity contribution in [3.05, 3.63) is 23.0 Å². The summed E-state index contributed by atoms with van der Waals surface area (Å²) in [5.74, 6) is -0.358. The first-order valence-corrected chi connectivity index (χ1v) is 4.48. The lowest BCUT2D eigenvalue weighted by Gasteiger charge is -1.98. The van der Waals surface area contributed by atoms with Crippen molar-refractivity contribution in [2.24, 2.45) is 5.73 Å². The van der Waals surface area contributed by atoms with E-state index >= 15 is 0 Å². The fourth-order valence-electron chi connectivity index (χ4n) is 1.77. The molecular formula is C9H13N3O. The fourth-order valence-corrected chi connectivity index (χ4v) is 1.77. The number of aromatic nitrogens is 1. The van der Waals surface area contributed by atoms with Gasteiger partial charge < -0.3 is 16.0 Å². The van der Waals surface area contributed by atoms with Crippen LogP contribution in [0.4, 0.5) is 0 Å². The third-order valence-electron chi connectivity index (χ3n) is 2.42. The lowest BCUT2D eigenvalue weighted by molar-refractivity contribution is 0.0995. The Hall–Kier alpha value is -1.29. The zero-order valence-corrected chi connectivity index (χ0v) is 7.39. The maximum absolute atomic E-state index is 11.0. The molecule has 0 saturated carbocycles. The number of fused-ring (bicyclic) bond motifs is 1. The van der Waals surface area contributed by atoms with Crippen LogP contribution in [0.1, 0.15) is 28.0 Å². The molecule has 1 aliphatic rings. The number of hydrogen-bond donors (Lipinski definition) is 3. The van der Waals surface area contributed by atoms with Crippen LogP contribution in [0.2, 0.25) is 0 Å². The Morgan fingerprint density at radius 1 is 1.54 bits per heavy atom. The topological polar surface area (TPSA) is 70.9 Å². The van der Waals surface area contributed by atoms with Crippen LogP contribution in [0.3, 0.4) is 0 Å². The average Bonchev–Trinajstić information content (AvgIpc) is 2.36. The largest absolute Gasteiger partial charge is 0.364 e. The number of rotatable bonds is 1. The number of hydrogen-bond acceptors (Lipinski definition) is 2. The van der Waals surface area contributed by atoms with Gasteiger partial charge >= 0.3 is 0 Å². The summed E-state index contributed by atoms with van der Waals surface area (Å²) in [5, 5.41) is 3.28. The average molecular weight is 179 g/mol. The second kappa shape index (κ2) is 3.22. The van der Waals surface area contributed by atoms with Crippen molar-refractivity contribution < 1.29 is 4.79 Å². The number of carbonyl (C=O) groups excluding carboxylic acids is 1. The van der Waals surface area contributed by atoms with E-state index in [0.717, 1.165) is 31.5 Å². The maximum Gasteiger partial charge on any atom is 0.265 e. The summed E-state index contributed by atoms with van der Waals surface area (Å²) in [6.07, 6.45) is 3.86. The van der Waals surface area contributed by atoms with Crippen LogP contribution in [-0.4, -0.2) is 17.4 Å². The van der Waals surface area contributed by atoms with E-state index in [2.05, 4.69) is 10.3 Å². The number of nitrogens with one attached hydrogen (secondary N) is 2. The van der Waals surface area contributed by atoms with Gasteiger partial charge in [-0.05, 0) is 30.5 Å². The van der Waals surface area contributed by atoms with Gasteiger partial charge in [0.2, 0.25) is 0 Å². The van der Waals surface area contributed by atoms with Crippen molar-refractivity contribution in [3.63, 3.8) is 0 Å². The number of nitrogens with two attached hydrogens (primary N) is 1. The third kappa shape index (κ3) is 1.45. The van der Waals surface area contributed by atoms with E-state index in [-0.39, 0.29) is 5.91 Å². The first-order valence-electron chi connectivity index (χ1n) is 4.48. The zero-order valence-electron chi connectivity index (χ0n) is 7.39. The van der Waals surface area contributed by atoms with E-state index in [0.29, 0.717) is 5.69 Å². The van der Waals surface area contributed by atoms with Gasteiger partial charge in [-0.25, -0.2) is 0 Å². The number of primary amides is 1. The molecule has 1 aromatic rings. The van der Waals surface area contributed by atoms with E-state index in [1.807, 2.05) is 6.20 Å². The SMILES string of the molecule is NC(=O)c1[nH]cc2c1CCCNC2. The summed E-state index contributed by atoms with van der Waals surface area (Å²) >= 11 is 0. The number of aromatic amines is 1. The van der Waals surface area contributed by atoms with E-state index < -0.39 is 0 Å². The summed E-state index contributed by atoms with van der Waals surface area (Å²) in [4.78, 5) is 13.9. The molecule has 0 aliphatic carbocycles. The van der Waals surface area contributed by atoms with E-state index in [1.165, 1.54) is 5.56 Å². The highest BCUT2D eigenvalue weighted by Crippen LogP contribution is 2.17.